The lowest BCUT2D eigenvalue weighted by atomic mass is 10.0. The van der Waals surface area contributed by atoms with Gasteiger partial charge >= 0.3 is 5.97 Å². The number of amides is 1. The third kappa shape index (κ3) is 2.95. The number of rotatable bonds is 4. The summed E-state index contributed by atoms with van der Waals surface area (Å²) in [4.78, 5) is 24.4. The number of carboxylic acids is 1. The molecule has 2 unspecified atom stereocenters. The molecule has 0 aromatic carbocycles. The highest BCUT2D eigenvalue weighted by molar-refractivity contribution is 5.87. The highest BCUT2D eigenvalue weighted by atomic mass is 16.4. The van der Waals surface area contributed by atoms with Crippen molar-refractivity contribution in [3.63, 3.8) is 0 Å². The molecule has 1 heterocycles. The van der Waals surface area contributed by atoms with Gasteiger partial charge in [0.25, 0.3) is 0 Å². The first-order valence-corrected chi connectivity index (χ1v) is 5.86. The minimum absolute atomic E-state index is 0.214. The quantitative estimate of drug-likeness (QED) is 0.737. The smallest absolute Gasteiger partial charge is 0.326 e. The third-order valence-corrected chi connectivity index (χ3v) is 2.99. The summed E-state index contributed by atoms with van der Waals surface area (Å²) >= 11 is 0. The van der Waals surface area contributed by atoms with E-state index in [-0.39, 0.29) is 5.91 Å². The molecule has 5 nitrogen and oxygen atoms in total. The van der Waals surface area contributed by atoms with Crippen molar-refractivity contribution in [2.24, 2.45) is 5.73 Å². The Kier molecular flexibility index (Phi) is 4.73. The average molecular weight is 228 g/mol. The summed E-state index contributed by atoms with van der Waals surface area (Å²) in [5.41, 5.74) is 5.74. The number of carboxylic acid groups (broad SMARTS) is 1. The van der Waals surface area contributed by atoms with E-state index in [9.17, 15) is 9.59 Å². The number of hydrogen-bond acceptors (Lipinski definition) is 3. The maximum absolute atomic E-state index is 11.9. The molecular formula is C11H20N2O3. The van der Waals surface area contributed by atoms with Crippen molar-refractivity contribution in [1.29, 1.82) is 0 Å². The molecule has 1 rings (SSSR count). The van der Waals surface area contributed by atoms with Gasteiger partial charge in [-0.2, -0.15) is 0 Å². The lowest BCUT2D eigenvalue weighted by Gasteiger charge is -2.34. The van der Waals surface area contributed by atoms with Crippen LogP contribution in [0.15, 0.2) is 0 Å². The highest BCUT2D eigenvalue weighted by Crippen LogP contribution is 2.18. The number of piperidine rings is 1. The Labute approximate surface area is 95.6 Å². The third-order valence-electron chi connectivity index (χ3n) is 2.99. The van der Waals surface area contributed by atoms with Crippen LogP contribution in [0.25, 0.3) is 0 Å². The topological polar surface area (TPSA) is 83.6 Å². The second-order valence-corrected chi connectivity index (χ2v) is 4.28. The zero-order valence-electron chi connectivity index (χ0n) is 9.69. The summed E-state index contributed by atoms with van der Waals surface area (Å²) in [7, 11) is 0. The zero-order chi connectivity index (χ0) is 12.1. The van der Waals surface area contributed by atoms with Crippen LogP contribution >= 0.6 is 0 Å². The van der Waals surface area contributed by atoms with Crippen LogP contribution in [0.3, 0.4) is 0 Å². The Balaban J connectivity index is 2.67. The van der Waals surface area contributed by atoms with Crippen molar-refractivity contribution >= 4 is 11.9 Å². The fourth-order valence-corrected chi connectivity index (χ4v) is 2.10. The second kappa shape index (κ2) is 5.84. The van der Waals surface area contributed by atoms with Crippen molar-refractivity contribution < 1.29 is 14.7 Å². The number of likely N-dealkylation sites (tertiary alicyclic amines) is 1. The molecule has 92 valence electrons. The number of aliphatic carboxylic acids is 1. The normalized spacial score (nSPS) is 22.9. The number of hydrogen-bond donors (Lipinski definition) is 2. The molecule has 1 fully saturated rings. The summed E-state index contributed by atoms with van der Waals surface area (Å²) in [5.74, 6) is -1.13. The van der Waals surface area contributed by atoms with Crippen molar-refractivity contribution in [2.75, 3.05) is 6.54 Å². The molecular weight excluding hydrogens is 208 g/mol. The molecule has 5 heteroatoms. The van der Waals surface area contributed by atoms with Crippen LogP contribution < -0.4 is 5.73 Å². The lowest BCUT2D eigenvalue weighted by Crippen LogP contribution is -2.53. The van der Waals surface area contributed by atoms with E-state index < -0.39 is 18.1 Å². The zero-order valence-corrected chi connectivity index (χ0v) is 9.69. The van der Waals surface area contributed by atoms with E-state index in [0.717, 1.165) is 19.3 Å². The Morgan fingerprint density at radius 2 is 2.19 bits per heavy atom. The predicted octanol–water partition coefficient (Wildman–Crippen LogP) is 0.579. The van der Waals surface area contributed by atoms with Gasteiger partial charge in [0, 0.05) is 6.54 Å². The van der Waals surface area contributed by atoms with Crippen LogP contribution in [0, 0.1) is 0 Å². The van der Waals surface area contributed by atoms with Gasteiger partial charge in [-0.15, -0.1) is 0 Å². The lowest BCUT2D eigenvalue weighted by molar-refractivity contribution is -0.152. The summed E-state index contributed by atoms with van der Waals surface area (Å²) < 4.78 is 0. The highest BCUT2D eigenvalue weighted by Gasteiger charge is 2.33. The molecule has 0 spiro atoms. The minimum Gasteiger partial charge on any atom is -0.480 e. The average Bonchev–Trinajstić information content (AvgIpc) is 2.28. The van der Waals surface area contributed by atoms with E-state index >= 15 is 0 Å². The van der Waals surface area contributed by atoms with E-state index in [1.54, 1.807) is 0 Å². The van der Waals surface area contributed by atoms with Gasteiger partial charge in [0.05, 0.1) is 6.04 Å². The standard InChI is InChI=1S/C11H20N2O3/c1-2-5-8(12)10(14)13-7-4-3-6-9(13)11(15)16/h8-9H,2-7,12H2,1H3,(H,15,16). The Hall–Kier alpha value is -1.10. The van der Waals surface area contributed by atoms with Crippen LogP contribution in [0.4, 0.5) is 0 Å². The molecule has 1 amide bonds. The maximum Gasteiger partial charge on any atom is 0.326 e. The van der Waals surface area contributed by atoms with Crippen LogP contribution in [0.2, 0.25) is 0 Å². The number of nitrogens with zero attached hydrogens (tertiary/aromatic N) is 1. The Morgan fingerprint density at radius 3 is 2.75 bits per heavy atom. The van der Waals surface area contributed by atoms with E-state index in [1.807, 2.05) is 6.92 Å². The van der Waals surface area contributed by atoms with Gasteiger partial charge in [0.2, 0.25) is 5.91 Å². The van der Waals surface area contributed by atoms with Gasteiger partial charge in [0.15, 0.2) is 0 Å². The van der Waals surface area contributed by atoms with Gasteiger partial charge in [-0.1, -0.05) is 13.3 Å². The molecule has 16 heavy (non-hydrogen) atoms. The summed E-state index contributed by atoms with van der Waals surface area (Å²) in [6.45, 7) is 2.48. The van der Waals surface area contributed by atoms with E-state index in [1.165, 1.54) is 4.90 Å². The Bertz CT molecular complexity index is 268. The maximum atomic E-state index is 11.9. The molecule has 3 N–H and O–H groups in total. The van der Waals surface area contributed by atoms with Gasteiger partial charge in [-0.25, -0.2) is 4.79 Å². The first-order valence-electron chi connectivity index (χ1n) is 5.86. The van der Waals surface area contributed by atoms with Crippen LogP contribution in [0.1, 0.15) is 39.0 Å². The first-order chi connectivity index (χ1) is 7.57. The van der Waals surface area contributed by atoms with Gasteiger partial charge < -0.3 is 15.7 Å². The second-order valence-electron chi connectivity index (χ2n) is 4.28. The molecule has 1 aliphatic heterocycles. The SMILES string of the molecule is CCCC(N)C(=O)N1CCCCC1C(=O)O. The molecule has 0 bridgehead atoms. The van der Waals surface area contributed by atoms with E-state index in [0.29, 0.717) is 19.4 Å². The molecule has 0 aromatic heterocycles. The molecule has 0 aliphatic carbocycles. The van der Waals surface area contributed by atoms with Crippen LogP contribution in [0.5, 0.6) is 0 Å². The van der Waals surface area contributed by atoms with Gasteiger partial charge in [-0.3, -0.25) is 4.79 Å². The Morgan fingerprint density at radius 1 is 1.50 bits per heavy atom. The van der Waals surface area contributed by atoms with Crippen molar-refractivity contribution in [1.82, 2.24) is 4.90 Å². The molecule has 0 radical (unpaired) electrons. The summed E-state index contributed by atoms with van der Waals surface area (Å²) in [6.07, 6.45) is 3.72. The van der Waals surface area contributed by atoms with Crippen molar-refractivity contribution in [3.05, 3.63) is 0 Å². The predicted molar refractivity (Wildman–Crippen MR) is 59.9 cm³/mol. The number of carbonyl (C=O) groups excluding carboxylic acids is 1. The van der Waals surface area contributed by atoms with Gasteiger partial charge in [-0.05, 0) is 25.7 Å². The summed E-state index contributed by atoms with van der Waals surface area (Å²) in [5, 5.41) is 9.03. The minimum atomic E-state index is -0.920. The molecule has 2 atom stereocenters. The number of nitrogens with two attached hydrogens (primary N) is 1. The van der Waals surface area contributed by atoms with E-state index in [4.69, 9.17) is 10.8 Å². The molecule has 1 saturated heterocycles. The van der Waals surface area contributed by atoms with E-state index in [2.05, 4.69) is 0 Å². The van der Waals surface area contributed by atoms with Gasteiger partial charge in [0.1, 0.15) is 6.04 Å². The molecule has 1 aliphatic rings. The monoisotopic (exact) mass is 228 g/mol. The van der Waals surface area contributed by atoms with Crippen molar-refractivity contribution in [3.8, 4) is 0 Å². The largest absolute Gasteiger partial charge is 0.480 e. The van der Waals surface area contributed by atoms with Crippen LogP contribution in [-0.2, 0) is 9.59 Å². The molecule has 0 saturated carbocycles. The summed E-state index contributed by atoms with van der Waals surface area (Å²) in [6, 6.07) is -1.23. The number of carbonyl (C=O) groups is 2. The fourth-order valence-electron chi connectivity index (χ4n) is 2.10. The fraction of sp³-hybridized carbons (Fsp3) is 0.818. The first kappa shape index (κ1) is 13.0. The molecule has 0 aromatic rings. The van der Waals surface area contributed by atoms with Crippen molar-refractivity contribution in [2.45, 2.75) is 51.1 Å². The van der Waals surface area contributed by atoms with Crippen LogP contribution in [-0.4, -0.2) is 40.5 Å².